The summed E-state index contributed by atoms with van der Waals surface area (Å²) in [4.78, 5) is 72.5. The third kappa shape index (κ3) is 66.5. The Bertz CT molecular complexity index is 1740. The molecule has 0 aliphatic carbocycles. The molecule has 19 heteroatoms. The number of phosphoric acid groups is 2. The van der Waals surface area contributed by atoms with Gasteiger partial charge in [-0.2, -0.15) is 0 Å². The lowest BCUT2D eigenvalue weighted by atomic mass is 10.0. The average molecular weight is 1340 g/mol. The van der Waals surface area contributed by atoms with E-state index in [1.807, 2.05) is 0 Å². The van der Waals surface area contributed by atoms with Gasteiger partial charge in [-0.05, 0) is 25.7 Å². The predicted molar refractivity (Wildman–Crippen MR) is 368 cm³/mol. The second-order valence-electron chi connectivity index (χ2n) is 26.0. The Balaban J connectivity index is 5.21. The maximum absolute atomic E-state index is 13.0. The van der Waals surface area contributed by atoms with Crippen molar-refractivity contribution in [3.05, 3.63) is 0 Å². The van der Waals surface area contributed by atoms with Gasteiger partial charge in [-0.15, -0.1) is 0 Å². The number of aliphatic hydroxyl groups is 1. The van der Waals surface area contributed by atoms with Crippen molar-refractivity contribution >= 4 is 39.5 Å². The lowest BCUT2D eigenvalue weighted by Gasteiger charge is -2.21. The van der Waals surface area contributed by atoms with Crippen LogP contribution in [-0.2, 0) is 65.4 Å². The first kappa shape index (κ1) is 89.1. The quantitative estimate of drug-likeness (QED) is 0.0222. The van der Waals surface area contributed by atoms with Crippen molar-refractivity contribution in [1.29, 1.82) is 0 Å². The molecule has 0 aromatic heterocycles. The molecule has 17 nitrogen and oxygen atoms in total. The van der Waals surface area contributed by atoms with Gasteiger partial charge in [0, 0.05) is 25.7 Å². The fraction of sp³-hybridized carbons (Fsp3) is 0.944. The van der Waals surface area contributed by atoms with Crippen molar-refractivity contribution in [2.24, 2.45) is 0 Å². The van der Waals surface area contributed by atoms with Crippen molar-refractivity contribution < 1.29 is 80.2 Å². The molecule has 0 aromatic carbocycles. The van der Waals surface area contributed by atoms with Gasteiger partial charge in [0.05, 0.1) is 26.4 Å². The topological polar surface area (TPSA) is 237 Å². The second kappa shape index (κ2) is 66.7. The molecule has 5 atom stereocenters. The number of aliphatic hydroxyl groups excluding tert-OH is 1. The number of carbonyl (C=O) groups excluding carboxylic acids is 4. The SMILES string of the molecule is CCCCCCCCCCCCCCCCCCCC(=O)O[C@H](COC(=O)CCCCCCCCCCCCCCCCC)COP(=O)(O)OC[C@@H](O)COP(=O)(O)OC[C@@H](COC(=O)CCCCCCCCCCC)OC(=O)CCCCCCCCCCCC. The summed E-state index contributed by atoms with van der Waals surface area (Å²) in [7, 11) is -9.90. The summed E-state index contributed by atoms with van der Waals surface area (Å²) in [6, 6.07) is 0. The highest BCUT2D eigenvalue weighted by Gasteiger charge is 2.30. The number of phosphoric ester groups is 2. The first-order valence-electron chi connectivity index (χ1n) is 37.8. The van der Waals surface area contributed by atoms with Crippen LogP contribution in [0.3, 0.4) is 0 Å². The zero-order valence-electron chi connectivity index (χ0n) is 58.8. The molecule has 0 radical (unpaired) electrons. The van der Waals surface area contributed by atoms with Gasteiger partial charge in [-0.1, -0.05) is 329 Å². The fourth-order valence-electron chi connectivity index (χ4n) is 11.0. The third-order valence-corrected chi connectivity index (χ3v) is 18.8. The zero-order valence-corrected chi connectivity index (χ0v) is 60.6. The second-order valence-corrected chi connectivity index (χ2v) is 28.9. The molecule has 0 heterocycles. The Morgan fingerprint density at radius 3 is 0.648 bits per heavy atom. The summed E-state index contributed by atoms with van der Waals surface area (Å²) in [5.41, 5.74) is 0. The molecule has 91 heavy (non-hydrogen) atoms. The van der Waals surface area contributed by atoms with E-state index in [0.717, 1.165) is 89.9 Å². The normalized spacial score (nSPS) is 14.0. The summed E-state index contributed by atoms with van der Waals surface area (Å²) in [5, 5.41) is 10.6. The van der Waals surface area contributed by atoms with Crippen LogP contribution < -0.4 is 0 Å². The number of unbranched alkanes of at least 4 members (excludes halogenated alkanes) is 47. The molecule has 0 rings (SSSR count). The van der Waals surface area contributed by atoms with Crippen LogP contribution in [0, 0.1) is 0 Å². The van der Waals surface area contributed by atoms with Gasteiger partial charge in [0.15, 0.2) is 12.2 Å². The summed E-state index contributed by atoms with van der Waals surface area (Å²) in [6.45, 7) is 4.94. The van der Waals surface area contributed by atoms with Crippen LogP contribution in [0.25, 0.3) is 0 Å². The van der Waals surface area contributed by atoms with Crippen molar-refractivity contribution in [2.75, 3.05) is 39.6 Å². The maximum Gasteiger partial charge on any atom is 0.472 e. The van der Waals surface area contributed by atoms with Gasteiger partial charge in [-0.25, -0.2) is 9.13 Å². The molecule has 3 N–H and O–H groups in total. The highest BCUT2D eigenvalue weighted by atomic mass is 31.2. The van der Waals surface area contributed by atoms with E-state index in [1.165, 1.54) is 212 Å². The molecule has 0 aliphatic rings. The fourth-order valence-corrected chi connectivity index (χ4v) is 12.6. The molecule has 0 fully saturated rings. The van der Waals surface area contributed by atoms with Crippen LogP contribution in [0.5, 0.6) is 0 Å². The standard InChI is InChI=1S/C72H140O17P2/c1-5-9-13-17-21-25-28-30-32-33-35-37-39-43-47-51-55-59-72(77)89-68(63-83-70(75)57-53-49-45-42-38-36-34-31-29-26-22-18-14-10-6-2)65-87-91(80,81)85-61-66(73)60-84-90(78,79)86-64-67(62-82-69(74)56-52-48-44-40-24-20-16-12-8-4)88-71(76)58-54-50-46-41-27-23-19-15-11-7-3/h66-68,73H,5-65H2,1-4H3,(H,78,79)(H,80,81)/t66-,67+,68+/m0/s1. The highest BCUT2D eigenvalue weighted by molar-refractivity contribution is 7.47. The van der Waals surface area contributed by atoms with Gasteiger partial charge in [0.1, 0.15) is 19.3 Å². The summed E-state index contributed by atoms with van der Waals surface area (Å²) < 4.78 is 68.3. The van der Waals surface area contributed by atoms with Crippen LogP contribution in [0.2, 0.25) is 0 Å². The molecule has 0 saturated carbocycles. The van der Waals surface area contributed by atoms with Crippen molar-refractivity contribution in [3.8, 4) is 0 Å². The van der Waals surface area contributed by atoms with Crippen LogP contribution in [0.1, 0.15) is 381 Å². The van der Waals surface area contributed by atoms with Crippen molar-refractivity contribution in [2.45, 2.75) is 399 Å². The molecular weight excluding hydrogens is 1200 g/mol. The molecule has 2 unspecified atom stereocenters. The number of carbonyl (C=O) groups is 4. The van der Waals surface area contributed by atoms with E-state index in [0.29, 0.717) is 25.7 Å². The lowest BCUT2D eigenvalue weighted by Crippen LogP contribution is -2.30. The Morgan fingerprint density at radius 2 is 0.440 bits per heavy atom. The Labute approximate surface area is 556 Å². The molecule has 0 amide bonds. The summed E-state index contributed by atoms with van der Waals surface area (Å²) >= 11 is 0. The van der Waals surface area contributed by atoms with Crippen molar-refractivity contribution in [1.82, 2.24) is 0 Å². The molecule has 0 spiro atoms. The van der Waals surface area contributed by atoms with Crippen LogP contribution >= 0.6 is 15.6 Å². The van der Waals surface area contributed by atoms with E-state index < -0.39 is 97.5 Å². The highest BCUT2D eigenvalue weighted by Crippen LogP contribution is 2.45. The summed E-state index contributed by atoms with van der Waals surface area (Å²) in [6.07, 6.45) is 55.4. The lowest BCUT2D eigenvalue weighted by molar-refractivity contribution is -0.161. The Hall–Kier alpha value is -1.94. The predicted octanol–water partition coefficient (Wildman–Crippen LogP) is 21.1. The number of esters is 4. The average Bonchev–Trinajstić information content (AvgIpc) is 3.73. The molecule has 540 valence electrons. The Kier molecular flexibility index (Phi) is 65.2. The number of rotatable bonds is 73. The first-order valence-corrected chi connectivity index (χ1v) is 40.8. The summed E-state index contributed by atoms with van der Waals surface area (Å²) in [5.74, 6) is -2.12. The van der Waals surface area contributed by atoms with E-state index in [9.17, 15) is 43.2 Å². The van der Waals surface area contributed by atoms with Crippen LogP contribution in [-0.4, -0.2) is 96.7 Å². The van der Waals surface area contributed by atoms with Gasteiger partial charge < -0.3 is 33.8 Å². The minimum atomic E-state index is -4.95. The Morgan fingerprint density at radius 1 is 0.264 bits per heavy atom. The van der Waals surface area contributed by atoms with Gasteiger partial charge in [-0.3, -0.25) is 37.3 Å². The molecule has 0 aromatic rings. The van der Waals surface area contributed by atoms with Gasteiger partial charge in [0.2, 0.25) is 0 Å². The van der Waals surface area contributed by atoms with Crippen LogP contribution in [0.15, 0.2) is 0 Å². The minimum absolute atomic E-state index is 0.107. The smallest absolute Gasteiger partial charge is 0.462 e. The number of ether oxygens (including phenoxy) is 4. The number of hydrogen-bond acceptors (Lipinski definition) is 15. The largest absolute Gasteiger partial charge is 0.472 e. The van der Waals surface area contributed by atoms with Gasteiger partial charge >= 0.3 is 39.5 Å². The molecule has 0 bridgehead atoms. The van der Waals surface area contributed by atoms with Crippen molar-refractivity contribution in [3.63, 3.8) is 0 Å². The molecule has 0 saturated heterocycles. The van der Waals surface area contributed by atoms with E-state index in [2.05, 4.69) is 27.7 Å². The van der Waals surface area contributed by atoms with E-state index in [1.54, 1.807) is 0 Å². The van der Waals surface area contributed by atoms with E-state index in [4.69, 9.17) is 37.0 Å². The monoisotopic (exact) mass is 1340 g/mol. The maximum atomic E-state index is 13.0. The van der Waals surface area contributed by atoms with E-state index >= 15 is 0 Å². The minimum Gasteiger partial charge on any atom is -0.462 e. The number of hydrogen-bond donors (Lipinski definition) is 3. The van der Waals surface area contributed by atoms with Crippen LogP contribution in [0.4, 0.5) is 0 Å². The first-order chi connectivity index (χ1) is 44.2. The zero-order chi connectivity index (χ0) is 66.8. The van der Waals surface area contributed by atoms with Gasteiger partial charge in [0.25, 0.3) is 0 Å². The molecular formula is C72H140O17P2. The van der Waals surface area contributed by atoms with E-state index in [-0.39, 0.29) is 25.7 Å². The molecule has 0 aliphatic heterocycles. The third-order valence-electron chi connectivity index (χ3n) is 16.9.